The van der Waals surface area contributed by atoms with Gasteiger partial charge in [0.25, 0.3) is 5.56 Å². The highest BCUT2D eigenvalue weighted by Gasteiger charge is 2.14. The van der Waals surface area contributed by atoms with Crippen molar-refractivity contribution < 1.29 is 4.74 Å². The van der Waals surface area contributed by atoms with Crippen LogP contribution in [-0.2, 0) is 4.74 Å². The van der Waals surface area contributed by atoms with Crippen LogP contribution in [0, 0.1) is 0 Å². The number of hydrogen-bond donors (Lipinski definition) is 4. The van der Waals surface area contributed by atoms with Crippen molar-refractivity contribution >= 4 is 23.1 Å². The Morgan fingerprint density at radius 1 is 1.17 bits per heavy atom. The molecule has 7 nitrogen and oxygen atoms in total. The molecule has 0 unspecified atom stereocenters. The molecule has 0 radical (unpaired) electrons. The average molecular weight is 494 g/mol. The molecule has 0 amide bonds. The summed E-state index contributed by atoms with van der Waals surface area (Å²) in [4.78, 5) is 18.1. The molecule has 3 rings (SSSR count). The van der Waals surface area contributed by atoms with Crippen LogP contribution in [0.3, 0.4) is 0 Å². The summed E-state index contributed by atoms with van der Waals surface area (Å²) in [6.07, 6.45) is 11.2. The zero-order valence-electron chi connectivity index (χ0n) is 22.1. The van der Waals surface area contributed by atoms with Crippen molar-refractivity contribution in [2.24, 2.45) is 5.73 Å². The third-order valence-corrected chi connectivity index (χ3v) is 6.39. The van der Waals surface area contributed by atoms with Gasteiger partial charge < -0.3 is 31.0 Å². The Labute approximate surface area is 215 Å². The van der Waals surface area contributed by atoms with E-state index in [-0.39, 0.29) is 11.6 Å². The summed E-state index contributed by atoms with van der Waals surface area (Å²) < 4.78 is 5.46. The first-order chi connectivity index (χ1) is 17.5. The monoisotopic (exact) mass is 493 g/mol. The van der Waals surface area contributed by atoms with Crippen molar-refractivity contribution in [1.29, 1.82) is 0 Å². The molecule has 196 valence electrons. The highest BCUT2D eigenvalue weighted by atomic mass is 16.5. The van der Waals surface area contributed by atoms with E-state index in [2.05, 4.69) is 64.7 Å². The standard InChI is InChI=1S/C29H43N5O2/c1-4-6-7-9-24(30)21-32-22(3)20-23-14-15-31-29(35)28(23)27(8-5-2)33-25-10-12-26(13-11-25)34-16-18-36-19-17-34/h8,10-15,20,24,32-33H,4-7,9,16-19,21,30H2,1-3H3,(H,31,35)/b22-20+,27-8-/t24-/m1/s1. The van der Waals surface area contributed by atoms with Gasteiger partial charge in [-0.25, -0.2) is 0 Å². The number of morpholine rings is 1. The van der Waals surface area contributed by atoms with Crippen LogP contribution < -0.4 is 26.8 Å². The summed E-state index contributed by atoms with van der Waals surface area (Å²) in [6.45, 7) is 10.3. The van der Waals surface area contributed by atoms with Crippen LogP contribution in [-0.4, -0.2) is 43.9 Å². The lowest BCUT2D eigenvalue weighted by molar-refractivity contribution is 0.122. The molecule has 2 aromatic rings. The number of nitrogens with zero attached hydrogens (tertiary/aromatic N) is 1. The first kappa shape index (κ1) is 27.6. The van der Waals surface area contributed by atoms with Gasteiger partial charge in [-0.05, 0) is 61.7 Å². The summed E-state index contributed by atoms with van der Waals surface area (Å²) in [7, 11) is 0. The van der Waals surface area contributed by atoms with Gasteiger partial charge in [-0.2, -0.15) is 0 Å². The van der Waals surface area contributed by atoms with E-state index in [4.69, 9.17) is 10.5 Å². The van der Waals surface area contributed by atoms with Gasteiger partial charge in [-0.15, -0.1) is 0 Å². The highest BCUT2D eigenvalue weighted by Crippen LogP contribution is 2.24. The topological polar surface area (TPSA) is 95.4 Å². The zero-order valence-corrected chi connectivity index (χ0v) is 22.1. The number of anilines is 2. The number of pyridine rings is 1. The van der Waals surface area contributed by atoms with E-state index >= 15 is 0 Å². The highest BCUT2D eigenvalue weighted by molar-refractivity contribution is 5.81. The molecule has 5 N–H and O–H groups in total. The summed E-state index contributed by atoms with van der Waals surface area (Å²) in [5.41, 5.74) is 11.5. The third-order valence-electron chi connectivity index (χ3n) is 6.39. The summed E-state index contributed by atoms with van der Waals surface area (Å²) >= 11 is 0. The minimum atomic E-state index is -0.120. The molecule has 1 saturated heterocycles. The molecule has 7 heteroatoms. The first-order valence-electron chi connectivity index (χ1n) is 13.3. The van der Waals surface area contributed by atoms with E-state index in [1.165, 1.54) is 18.5 Å². The van der Waals surface area contributed by atoms with E-state index in [1.807, 2.05) is 19.1 Å². The number of benzene rings is 1. The van der Waals surface area contributed by atoms with Gasteiger partial charge in [-0.3, -0.25) is 4.79 Å². The van der Waals surface area contributed by atoms with Crippen LogP contribution in [0.2, 0.25) is 0 Å². The molecule has 1 aliphatic heterocycles. The number of ether oxygens (including phenoxy) is 1. The SMILES string of the molecule is CC/C=C(\Nc1ccc(N2CCOCC2)cc1)c1c(/C=C(\C)NC[C@H](N)CCCCC)cc[nH]c1=O. The number of rotatable bonds is 13. The van der Waals surface area contributed by atoms with Gasteiger partial charge in [0, 0.05) is 54.6 Å². The minimum absolute atomic E-state index is 0.120. The molecule has 0 aliphatic carbocycles. The minimum Gasteiger partial charge on any atom is -0.387 e. The van der Waals surface area contributed by atoms with Crippen molar-refractivity contribution in [2.45, 2.75) is 58.9 Å². The molecule has 2 heterocycles. The molecular formula is C29H43N5O2. The average Bonchev–Trinajstić information content (AvgIpc) is 2.89. The first-order valence-corrected chi connectivity index (χ1v) is 13.3. The molecule has 1 aromatic carbocycles. The fourth-order valence-electron chi connectivity index (χ4n) is 4.38. The number of aromatic nitrogens is 1. The van der Waals surface area contributed by atoms with E-state index in [9.17, 15) is 4.79 Å². The lowest BCUT2D eigenvalue weighted by atomic mass is 10.0. The van der Waals surface area contributed by atoms with Crippen LogP contribution >= 0.6 is 0 Å². The van der Waals surface area contributed by atoms with Gasteiger partial charge >= 0.3 is 0 Å². The Hall–Kier alpha value is -3.03. The number of allylic oxidation sites excluding steroid dienone is 2. The van der Waals surface area contributed by atoms with Gasteiger partial charge in [-0.1, -0.05) is 39.2 Å². The van der Waals surface area contributed by atoms with Crippen LogP contribution in [0.5, 0.6) is 0 Å². The molecule has 1 atom stereocenters. The van der Waals surface area contributed by atoms with Gasteiger partial charge in [0.05, 0.1) is 18.8 Å². The molecule has 1 aromatic heterocycles. The van der Waals surface area contributed by atoms with E-state index < -0.39 is 0 Å². The molecule has 0 spiro atoms. The zero-order chi connectivity index (χ0) is 25.8. The Morgan fingerprint density at radius 3 is 2.61 bits per heavy atom. The Balaban J connectivity index is 1.75. The van der Waals surface area contributed by atoms with Gasteiger partial charge in [0.2, 0.25) is 0 Å². The predicted octanol–water partition coefficient (Wildman–Crippen LogP) is 4.93. The maximum Gasteiger partial charge on any atom is 0.257 e. The fraction of sp³-hybridized carbons (Fsp3) is 0.483. The van der Waals surface area contributed by atoms with Crippen molar-refractivity contribution in [3.8, 4) is 0 Å². The molecule has 36 heavy (non-hydrogen) atoms. The number of nitrogens with one attached hydrogen (secondary N) is 3. The van der Waals surface area contributed by atoms with E-state index in [1.54, 1.807) is 6.20 Å². The van der Waals surface area contributed by atoms with Crippen molar-refractivity contribution in [2.75, 3.05) is 43.1 Å². The van der Waals surface area contributed by atoms with Crippen molar-refractivity contribution in [3.63, 3.8) is 0 Å². The summed E-state index contributed by atoms with van der Waals surface area (Å²) in [6, 6.07) is 10.4. The van der Waals surface area contributed by atoms with E-state index in [0.29, 0.717) is 5.56 Å². The summed E-state index contributed by atoms with van der Waals surface area (Å²) in [5.74, 6) is 0. The van der Waals surface area contributed by atoms with Crippen LogP contribution in [0.15, 0.2) is 53.1 Å². The lowest BCUT2D eigenvalue weighted by Gasteiger charge is -2.29. The predicted molar refractivity (Wildman–Crippen MR) is 152 cm³/mol. The summed E-state index contributed by atoms with van der Waals surface area (Å²) in [5, 5.41) is 6.92. The molecule has 0 bridgehead atoms. The molecule has 1 fully saturated rings. The number of nitrogens with two attached hydrogens (primary N) is 1. The number of hydrogen-bond acceptors (Lipinski definition) is 6. The second-order valence-corrected chi connectivity index (χ2v) is 9.40. The number of unbranched alkanes of at least 4 members (excludes halogenated alkanes) is 2. The molecule has 1 aliphatic rings. The van der Waals surface area contributed by atoms with Gasteiger partial charge in [0.15, 0.2) is 0 Å². The Morgan fingerprint density at radius 2 is 1.92 bits per heavy atom. The third kappa shape index (κ3) is 8.28. The Kier molecular flexibility index (Phi) is 11.1. The molecular weight excluding hydrogens is 450 g/mol. The maximum atomic E-state index is 13.0. The van der Waals surface area contributed by atoms with E-state index in [0.717, 1.165) is 74.8 Å². The van der Waals surface area contributed by atoms with Crippen LogP contribution in [0.1, 0.15) is 64.0 Å². The largest absolute Gasteiger partial charge is 0.387 e. The smallest absolute Gasteiger partial charge is 0.257 e. The Bertz CT molecular complexity index is 1050. The van der Waals surface area contributed by atoms with Crippen molar-refractivity contribution in [1.82, 2.24) is 10.3 Å². The number of H-pyrrole nitrogens is 1. The van der Waals surface area contributed by atoms with Crippen molar-refractivity contribution in [3.05, 3.63) is 69.8 Å². The fourth-order valence-corrected chi connectivity index (χ4v) is 4.38. The lowest BCUT2D eigenvalue weighted by Crippen LogP contribution is -2.36. The second-order valence-electron chi connectivity index (χ2n) is 9.40. The number of aromatic amines is 1. The quantitative estimate of drug-likeness (QED) is 0.296. The van der Waals surface area contributed by atoms with Crippen LogP contribution in [0.25, 0.3) is 11.8 Å². The van der Waals surface area contributed by atoms with Crippen LogP contribution in [0.4, 0.5) is 11.4 Å². The normalized spacial score (nSPS) is 15.6. The van der Waals surface area contributed by atoms with Gasteiger partial charge in [0.1, 0.15) is 0 Å². The second kappa shape index (κ2) is 14.5. The maximum absolute atomic E-state index is 13.0. The molecule has 0 saturated carbocycles.